The fraction of sp³-hybridized carbons (Fsp3) is 0.824. The van der Waals surface area contributed by atoms with Gasteiger partial charge >= 0.3 is 0 Å². The van der Waals surface area contributed by atoms with Crippen LogP contribution in [0.4, 0.5) is 0 Å². The quantitative estimate of drug-likeness (QED) is 0.824. The van der Waals surface area contributed by atoms with Crippen molar-refractivity contribution in [2.24, 2.45) is 5.41 Å². The lowest BCUT2D eigenvalue weighted by atomic mass is 9.74. The van der Waals surface area contributed by atoms with Crippen molar-refractivity contribution in [3.8, 4) is 0 Å². The van der Waals surface area contributed by atoms with Crippen LogP contribution in [0.25, 0.3) is 0 Å². The molecule has 3 nitrogen and oxygen atoms in total. The minimum absolute atomic E-state index is 0.524. The topological polar surface area (TPSA) is 28.2 Å². The van der Waals surface area contributed by atoms with E-state index in [9.17, 15) is 0 Å². The van der Waals surface area contributed by atoms with Gasteiger partial charge in [-0.15, -0.1) is 11.3 Å². The molecule has 0 atom stereocenters. The molecule has 2 heterocycles. The molecule has 1 aromatic rings. The minimum atomic E-state index is 0.524. The zero-order chi connectivity index (χ0) is 15.3. The van der Waals surface area contributed by atoms with E-state index in [0.29, 0.717) is 11.5 Å². The Kier molecular flexibility index (Phi) is 6.20. The average molecular weight is 310 g/mol. The predicted molar refractivity (Wildman–Crippen MR) is 91.6 cm³/mol. The first-order chi connectivity index (χ1) is 10.1. The van der Waals surface area contributed by atoms with Gasteiger partial charge in [0, 0.05) is 24.5 Å². The molecule has 1 aliphatic rings. The zero-order valence-corrected chi connectivity index (χ0v) is 14.9. The van der Waals surface area contributed by atoms with E-state index in [1.54, 1.807) is 11.3 Å². The predicted octanol–water partition coefficient (Wildman–Crippen LogP) is 4.04. The van der Waals surface area contributed by atoms with Crippen LogP contribution in [-0.4, -0.2) is 29.0 Å². The Morgan fingerprint density at radius 3 is 2.52 bits per heavy atom. The van der Waals surface area contributed by atoms with Gasteiger partial charge < -0.3 is 5.32 Å². The Bertz CT molecular complexity index is 413. The summed E-state index contributed by atoms with van der Waals surface area (Å²) in [6.45, 7) is 13.5. The molecule has 1 fully saturated rings. The summed E-state index contributed by atoms with van der Waals surface area (Å²) in [5.41, 5.74) is 1.87. The minimum Gasteiger partial charge on any atom is -0.308 e. The number of hydrogen-bond donors (Lipinski definition) is 1. The molecule has 1 N–H and O–H groups in total. The van der Waals surface area contributed by atoms with Crippen molar-refractivity contribution < 1.29 is 0 Å². The summed E-state index contributed by atoms with van der Waals surface area (Å²) < 4.78 is 0. The van der Waals surface area contributed by atoms with Crippen LogP contribution in [-0.2, 0) is 13.1 Å². The molecule has 0 spiro atoms. The zero-order valence-electron chi connectivity index (χ0n) is 14.1. The summed E-state index contributed by atoms with van der Waals surface area (Å²) in [5.74, 6) is 0. The lowest BCUT2D eigenvalue weighted by molar-refractivity contribution is 0.0902. The maximum atomic E-state index is 4.77. The Balaban J connectivity index is 1.81. The molecule has 0 radical (unpaired) electrons. The molecule has 0 amide bonds. The molecule has 0 bridgehead atoms. The van der Waals surface area contributed by atoms with E-state index in [0.717, 1.165) is 13.1 Å². The summed E-state index contributed by atoms with van der Waals surface area (Å²) in [5, 5.41) is 6.89. The van der Waals surface area contributed by atoms with E-state index >= 15 is 0 Å². The third kappa shape index (κ3) is 4.76. The average Bonchev–Trinajstić information content (AvgIpc) is 2.94. The second kappa shape index (κ2) is 7.70. The second-order valence-corrected chi connectivity index (χ2v) is 7.69. The van der Waals surface area contributed by atoms with Crippen LogP contribution >= 0.6 is 11.3 Å². The molecule has 1 saturated heterocycles. The number of aromatic nitrogens is 1. The van der Waals surface area contributed by atoms with Gasteiger partial charge in [-0.1, -0.05) is 40.5 Å². The second-order valence-electron chi connectivity index (χ2n) is 6.75. The van der Waals surface area contributed by atoms with Crippen molar-refractivity contribution in [2.75, 3.05) is 13.1 Å². The standard InChI is InChI=1S/C17H31N3S/c1-5-17(6-2)7-9-20(10-8-17)12-15-13-21-16(19-15)11-18-14(3)4/h13-14,18H,5-12H2,1-4H3. The van der Waals surface area contributed by atoms with Gasteiger partial charge in [0.1, 0.15) is 5.01 Å². The fourth-order valence-electron chi connectivity index (χ4n) is 3.17. The molecule has 4 heteroatoms. The number of nitrogens with one attached hydrogen (secondary N) is 1. The molecule has 120 valence electrons. The summed E-state index contributed by atoms with van der Waals surface area (Å²) in [6.07, 6.45) is 5.37. The van der Waals surface area contributed by atoms with Crippen molar-refractivity contribution in [1.29, 1.82) is 0 Å². The van der Waals surface area contributed by atoms with E-state index in [4.69, 9.17) is 4.98 Å². The lowest BCUT2D eigenvalue weighted by Gasteiger charge is -2.40. The molecular formula is C17H31N3S. The molecule has 2 rings (SSSR count). The van der Waals surface area contributed by atoms with E-state index in [1.807, 2.05) is 0 Å². The van der Waals surface area contributed by atoms with Crippen molar-refractivity contribution in [1.82, 2.24) is 15.2 Å². The Hall–Kier alpha value is -0.450. The van der Waals surface area contributed by atoms with Gasteiger partial charge in [-0.2, -0.15) is 0 Å². The van der Waals surface area contributed by atoms with Crippen LogP contribution in [0.3, 0.4) is 0 Å². The summed E-state index contributed by atoms with van der Waals surface area (Å²) in [7, 11) is 0. The summed E-state index contributed by atoms with van der Waals surface area (Å²) in [4.78, 5) is 7.35. The third-order valence-corrected chi connectivity index (χ3v) is 5.96. The van der Waals surface area contributed by atoms with Crippen molar-refractivity contribution >= 4 is 11.3 Å². The Labute approximate surface area is 134 Å². The van der Waals surface area contributed by atoms with Gasteiger partial charge in [0.05, 0.1) is 5.69 Å². The summed E-state index contributed by atoms with van der Waals surface area (Å²) >= 11 is 1.79. The van der Waals surface area contributed by atoms with E-state index in [2.05, 4.69) is 43.3 Å². The van der Waals surface area contributed by atoms with Gasteiger partial charge in [-0.25, -0.2) is 4.98 Å². The molecule has 1 aromatic heterocycles. The first-order valence-corrected chi connectivity index (χ1v) is 9.34. The first-order valence-electron chi connectivity index (χ1n) is 8.46. The van der Waals surface area contributed by atoms with E-state index < -0.39 is 0 Å². The van der Waals surface area contributed by atoms with Crippen molar-refractivity contribution in [3.63, 3.8) is 0 Å². The normalized spacial score (nSPS) is 19.3. The molecule has 21 heavy (non-hydrogen) atoms. The highest BCUT2D eigenvalue weighted by atomic mass is 32.1. The molecule has 0 saturated carbocycles. The van der Waals surface area contributed by atoms with Crippen LogP contribution in [0.15, 0.2) is 5.38 Å². The van der Waals surface area contributed by atoms with Crippen LogP contribution in [0.5, 0.6) is 0 Å². The maximum absolute atomic E-state index is 4.77. The van der Waals surface area contributed by atoms with Crippen LogP contribution in [0.2, 0.25) is 0 Å². The SMILES string of the molecule is CCC1(CC)CCN(Cc2csc(CNC(C)C)n2)CC1. The molecular weight excluding hydrogens is 278 g/mol. The van der Waals surface area contributed by atoms with Crippen LogP contribution in [0, 0.1) is 5.41 Å². The maximum Gasteiger partial charge on any atom is 0.107 e. The van der Waals surface area contributed by atoms with Gasteiger partial charge in [0.15, 0.2) is 0 Å². The number of nitrogens with zero attached hydrogens (tertiary/aromatic N) is 2. The highest BCUT2D eigenvalue weighted by Gasteiger charge is 2.31. The lowest BCUT2D eigenvalue weighted by Crippen LogP contribution is -2.39. The number of thiazole rings is 1. The first kappa shape index (κ1) is 16.9. The molecule has 1 aliphatic heterocycles. The number of hydrogen-bond acceptors (Lipinski definition) is 4. The number of rotatable bonds is 7. The Morgan fingerprint density at radius 1 is 1.29 bits per heavy atom. The van der Waals surface area contributed by atoms with Gasteiger partial charge in [0.25, 0.3) is 0 Å². The van der Waals surface area contributed by atoms with Crippen LogP contribution in [0.1, 0.15) is 64.1 Å². The largest absolute Gasteiger partial charge is 0.308 e. The molecule has 0 unspecified atom stereocenters. The smallest absolute Gasteiger partial charge is 0.107 e. The third-order valence-electron chi connectivity index (χ3n) is 5.06. The Morgan fingerprint density at radius 2 is 1.95 bits per heavy atom. The van der Waals surface area contributed by atoms with E-state index in [-0.39, 0.29) is 0 Å². The number of piperidine rings is 1. The highest BCUT2D eigenvalue weighted by molar-refractivity contribution is 7.09. The highest BCUT2D eigenvalue weighted by Crippen LogP contribution is 2.38. The summed E-state index contributed by atoms with van der Waals surface area (Å²) in [6, 6.07) is 0.524. The fourth-order valence-corrected chi connectivity index (χ4v) is 3.90. The monoisotopic (exact) mass is 309 g/mol. The van der Waals surface area contributed by atoms with Crippen LogP contribution < -0.4 is 5.32 Å². The molecule has 0 aliphatic carbocycles. The van der Waals surface area contributed by atoms with Crippen molar-refractivity contribution in [3.05, 3.63) is 16.1 Å². The van der Waals surface area contributed by atoms with Crippen molar-refractivity contribution in [2.45, 2.75) is 72.5 Å². The number of likely N-dealkylation sites (tertiary alicyclic amines) is 1. The molecule has 0 aromatic carbocycles. The van der Waals surface area contributed by atoms with Gasteiger partial charge in [-0.05, 0) is 31.3 Å². The van der Waals surface area contributed by atoms with E-state index in [1.165, 1.54) is 49.5 Å². The van der Waals surface area contributed by atoms with Gasteiger partial charge in [0.2, 0.25) is 0 Å². The van der Waals surface area contributed by atoms with Gasteiger partial charge in [-0.3, -0.25) is 4.90 Å².